The second kappa shape index (κ2) is 30.8. The number of aromatic nitrogens is 2. The molecule has 0 radical (unpaired) electrons. The summed E-state index contributed by atoms with van der Waals surface area (Å²) in [6.07, 6.45) is 11.5. The molecule has 2 aromatic heterocycles. The topological polar surface area (TPSA) is 311 Å². The van der Waals surface area contributed by atoms with Gasteiger partial charge >= 0.3 is 11.9 Å². The Morgan fingerprint density at radius 1 is 0.578 bits per heavy atom. The van der Waals surface area contributed by atoms with Crippen LogP contribution < -0.4 is 36.6 Å². The summed E-state index contributed by atoms with van der Waals surface area (Å²) in [6.45, 7) is 6.52. The molecule has 7 N–H and O–H groups in total. The number of pyridine rings is 2. The molecule has 4 fully saturated rings. The second-order valence-electron chi connectivity index (χ2n) is 24.6. The summed E-state index contributed by atoms with van der Waals surface area (Å²) in [6, 6.07) is 15.6. The third-order valence-corrected chi connectivity index (χ3v) is 21.8. The third kappa shape index (κ3) is 17.3. The predicted molar refractivity (Wildman–Crippen MR) is 336 cm³/mol. The first-order valence-electron chi connectivity index (χ1n) is 32.2. The van der Waals surface area contributed by atoms with E-state index in [1.54, 1.807) is 18.2 Å². The van der Waals surface area contributed by atoms with Crippen LogP contribution in [0.3, 0.4) is 0 Å². The van der Waals surface area contributed by atoms with Crippen molar-refractivity contribution in [1.29, 1.82) is 0 Å². The number of sulfonamides is 2. The van der Waals surface area contributed by atoms with Gasteiger partial charge in [0.15, 0.2) is 0 Å². The van der Waals surface area contributed by atoms with E-state index < -0.39 is 68.0 Å². The average molecular weight is 1280 g/mol. The first kappa shape index (κ1) is 65.8. The van der Waals surface area contributed by atoms with Gasteiger partial charge in [-0.25, -0.2) is 36.4 Å². The zero-order valence-electron chi connectivity index (χ0n) is 51.1. The molecule has 6 aliphatic heterocycles. The number of nitrogens with one attached hydrogen (secondary N) is 6. The molecule has 26 heteroatoms. The van der Waals surface area contributed by atoms with Crippen LogP contribution in [0, 0.1) is 0 Å². The number of amides is 4. The normalized spacial score (nSPS) is 21.2. The van der Waals surface area contributed by atoms with Crippen LogP contribution in [0.4, 0.5) is 11.6 Å². The van der Waals surface area contributed by atoms with Crippen LogP contribution in [0.25, 0.3) is 0 Å². The number of hydrogen-bond acceptors (Lipinski definition) is 17. The molecule has 486 valence electrons. The fraction of sp³-hybridized carbons (Fsp3) is 0.562. The van der Waals surface area contributed by atoms with E-state index in [-0.39, 0.29) is 97.5 Å². The molecule has 4 aromatic rings. The van der Waals surface area contributed by atoms with Crippen LogP contribution in [0.1, 0.15) is 125 Å². The molecule has 0 aliphatic carbocycles. The minimum Gasteiger partial charge on any atom is -0.480 e. The number of rotatable bonds is 29. The number of esters is 1. The molecule has 2 aromatic carbocycles. The summed E-state index contributed by atoms with van der Waals surface area (Å²) < 4.78 is 64.2. The van der Waals surface area contributed by atoms with E-state index in [0.29, 0.717) is 19.5 Å². The quantitative estimate of drug-likeness (QED) is 0.0228. The number of nitrogens with zero attached hydrogens (tertiary/aromatic N) is 6. The lowest BCUT2D eigenvalue weighted by Crippen LogP contribution is -2.52. The number of aryl methyl sites for hydroxylation is 4. The van der Waals surface area contributed by atoms with Gasteiger partial charge in [0.1, 0.15) is 41.6 Å². The van der Waals surface area contributed by atoms with Crippen molar-refractivity contribution in [2.45, 2.75) is 174 Å². The molecule has 8 heterocycles. The van der Waals surface area contributed by atoms with Gasteiger partial charge in [-0.05, 0) is 176 Å². The van der Waals surface area contributed by atoms with Gasteiger partial charge in [-0.1, -0.05) is 36.4 Å². The van der Waals surface area contributed by atoms with E-state index in [4.69, 9.17) is 14.7 Å². The van der Waals surface area contributed by atoms with Crippen molar-refractivity contribution in [2.24, 2.45) is 0 Å². The standard InChI is InChI=1S/C64H86N12O12S2/c77-57(67-48-31-39-73(42-48)35-6-4-15-46-25-23-44-13-9-33-65-59(44)69-46)29-27-53(63(81)82)71-61(79)55-21-12-38-76(55)90(86,87)52-20-8-17-50(41-52)88-64(83)54(72-62(80)56-22-11-37-75(56)89(84,85)51-18-2-1-3-19-51)28-30-58(78)68-49-32-40-74(43-49)36-7-5-16-47-26-24-45-14-10-34-66-60(45)70-47/h1-3,8,17-20,23-26,41,48-49,53-56H,4-7,9-16,21-22,27-40,42-43H2,(H,65,69)(H,66,70)(H,67,77)(H,68,78)(H,71,79)(H,72,80)(H,81,82)/t48-,49-,53-,54+,55+,56+/m0/s1. The van der Waals surface area contributed by atoms with Gasteiger partial charge in [0, 0.05) is 94.7 Å². The first-order valence-corrected chi connectivity index (χ1v) is 35.1. The van der Waals surface area contributed by atoms with Crippen molar-refractivity contribution in [1.82, 2.24) is 49.6 Å². The Bertz CT molecular complexity index is 3430. The number of ether oxygens (including phenoxy) is 1. The van der Waals surface area contributed by atoms with E-state index in [0.717, 1.165) is 154 Å². The summed E-state index contributed by atoms with van der Waals surface area (Å²) >= 11 is 0. The van der Waals surface area contributed by atoms with Crippen LogP contribution in [0.15, 0.2) is 88.7 Å². The molecule has 4 saturated heterocycles. The van der Waals surface area contributed by atoms with Gasteiger partial charge in [-0.2, -0.15) is 8.61 Å². The van der Waals surface area contributed by atoms with Crippen LogP contribution in [-0.4, -0.2) is 188 Å². The molecule has 4 amide bonds. The van der Waals surface area contributed by atoms with Gasteiger partial charge < -0.3 is 51.5 Å². The molecule has 6 aliphatic rings. The third-order valence-electron chi connectivity index (χ3n) is 18.0. The largest absolute Gasteiger partial charge is 0.480 e. The highest BCUT2D eigenvalue weighted by Crippen LogP contribution is 2.31. The molecule has 24 nitrogen and oxygen atoms in total. The summed E-state index contributed by atoms with van der Waals surface area (Å²) in [5.74, 6) is -3.00. The van der Waals surface area contributed by atoms with Crippen LogP contribution in [0.2, 0.25) is 0 Å². The Hall–Kier alpha value is -7.10. The number of carboxylic acid groups (broad SMARTS) is 1. The zero-order chi connectivity index (χ0) is 63.2. The SMILES string of the molecule is O=C(CC[C@H](NC(=O)[C@H]1CCCN1S(=O)(=O)c1cccc(OC(=O)[C@@H](CCC(=O)N[C@H]2CCN(CCCCc3ccc4c(n3)NCCC4)C2)NC(=O)[C@H]2CCCN2S(=O)(=O)c2ccccc2)c1)C(=O)O)N[C@H]1CCN(CCCCc2ccc3c(n2)NCCC3)C1. The van der Waals surface area contributed by atoms with Gasteiger partial charge in [-0.3, -0.25) is 19.2 Å². The number of carbonyl (C=O) groups excluding carboxylic acids is 5. The van der Waals surface area contributed by atoms with Crippen molar-refractivity contribution < 1.29 is 55.4 Å². The maximum absolute atomic E-state index is 14.4. The number of anilines is 2. The van der Waals surface area contributed by atoms with Gasteiger partial charge in [0.05, 0.1) is 9.79 Å². The van der Waals surface area contributed by atoms with E-state index in [9.17, 15) is 50.7 Å². The van der Waals surface area contributed by atoms with Crippen molar-refractivity contribution in [3.8, 4) is 5.75 Å². The fourth-order valence-corrected chi connectivity index (χ4v) is 16.5. The second-order valence-corrected chi connectivity index (χ2v) is 28.4. The highest BCUT2D eigenvalue weighted by Gasteiger charge is 2.43. The Balaban J connectivity index is 0.709. The molecule has 10 rings (SSSR count). The lowest BCUT2D eigenvalue weighted by Gasteiger charge is -2.26. The highest BCUT2D eigenvalue weighted by atomic mass is 32.2. The van der Waals surface area contributed by atoms with Crippen molar-refractivity contribution >= 4 is 67.2 Å². The smallest absolute Gasteiger partial charge is 0.334 e. The number of benzene rings is 2. The van der Waals surface area contributed by atoms with E-state index in [1.807, 2.05) is 0 Å². The zero-order valence-corrected chi connectivity index (χ0v) is 52.8. The van der Waals surface area contributed by atoms with Gasteiger partial charge in [0.2, 0.25) is 43.7 Å². The molecule has 0 saturated carbocycles. The highest BCUT2D eigenvalue weighted by molar-refractivity contribution is 7.89. The van der Waals surface area contributed by atoms with Crippen molar-refractivity contribution in [3.63, 3.8) is 0 Å². The molecular weight excluding hydrogens is 1190 g/mol. The van der Waals surface area contributed by atoms with Gasteiger partial charge in [0.25, 0.3) is 0 Å². The number of hydrogen-bond donors (Lipinski definition) is 7. The Labute approximate surface area is 527 Å². The monoisotopic (exact) mass is 1280 g/mol. The average Bonchev–Trinajstić information content (AvgIpc) is 1.57. The van der Waals surface area contributed by atoms with Crippen LogP contribution in [0.5, 0.6) is 5.75 Å². The summed E-state index contributed by atoms with van der Waals surface area (Å²) in [4.78, 5) is 95.4. The van der Waals surface area contributed by atoms with E-state index in [1.165, 1.54) is 41.5 Å². The Morgan fingerprint density at radius 3 is 1.61 bits per heavy atom. The van der Waals surface area contributed by atoms with E-state index in [2.05, 4.69) is 66.0 Å². The summed E-state index contributed by atoms with van der Waals surface area (Å²) in [7, 11) is -8.62. The maximum Gasteiger partial charge on any atom is 0.334 e. The minimum absolute atomic E-state index is 0.00101. The number of fused-ring (bicyclic) bond motifs is 2. The number of unbranched alkanes of at least 4 members (excludes halogenated alkanes) is 2. The molecule has 0 unspecified atom stereocenters. The van der Waals surface area contributed by atoms with Gasteiger partial charge in [-0.15, -0.1) is 0 Å². The lowest BCUT2D eigenvalue weighted by molar-refractivity contribution is -0.142. The summed E-state index contributed by atoms with van der Waals surface area (Å²) in [5, 5.41) is 28.2. The van der Waals surface area contributed by atoms with Crippen molar-refractivity contribution in [3.05, 3.63) is 101 Å². The Morgan fingerprint density at radius 2 is 1.08 bits per heavy atom. The first-order chi connectivity index (χ1) is 43.5. The molecule has 0 bridgehead atoms. The molecular formula is C64H86N12O12S2. The lowest BCUT2D eigenvalue weighted by atomic mass is 10.1. The predicted octanol–water partition coefficient (Wildman–Crippen LogP) is 4.15. The van der Waals surface area contributed by atoms with E-state index >= 15 is 0 Å². The molecule has 0 spiro atoms. The minimum atomic E-state index is -4.50. The Kier molecular flexibility index (Phi) is 22.5. The number of likely N-dealkylation sites (tertiary alicyclic amines) is 2. The number of carboxylic acids is 1. The molecule has 90 heavy (non-hydrogen) atoms. The summed E-state index contributed by atoms with van der Waals surface area (Å²) in [5.41, 5.74) is 4.66. The van der Waals surface area contributed by atoms with Crippen LogP contribution in [-0.2, 0) is 74.5 Å². The van der Waals surface area contributed by atoms with Crippen LogP contribution >= 0.6 is 0 Å². The number of carbonyl (C=O) groups is 6. The maximum atomic E-state index is 14.4. The molecule has 6 atom stereocenters. The fourth-order valence-electron chi connectivity index (χ4n) is 13.1. The number of aliphatic carboxylic acids is 1. The van der Waals surface area contributed by atoms with Crippen molar-refractivity contribution in [2.75, 3.05) is 76.1 Å².